The maximum Gasteiger partial charge on any atom is 0.408 e. The summed E-state index contributed by atoms with van der Waals surface area (Å²) < 4.78 is 10.1. The zero-order chi connectivity index (χ0) is 19.0. The molecule has 1 N–H and O–H groups in total. The highest BCUT2D eigenvalue weighted by Gasteiger charge is 2.32. The number of allylic oxidation sites excluding steroid dienone is 3. The first-order valence-corrected chi connectivity index (χ1v) is 8.27. The first-order chi connectivity index (χ1) is 10.9. The molecule has 2 unspecified atom stereocenters. The Morgan fingerprint density at radius 1 is 1.21 bits per heavy atom. The fourth-order valence-electron chi connectivity index (χ4n) is 2.23. The van der Waals surface area contributed by atoms with Gasteiger partial charge in [0.2, 0.25) is 0 Å². The summed E-state index contributed by atoms with van der Waals surface area (Å²) >= 11 is 0. The summed E-state index contributed by atoms with van der Waals surface area (Å²) in [5.74, 6) is -0.490. The van der Waals surface area contributed by atoms with Crippen molar-refractivity contribution >= 4 is 12.1 Å². The van der Waals surface area contributed by atoms with Crippen LogP contribution in [-0.4, -0.2) is 30.8 Å². The molecule has 5 nitrogen and oxygen atoms in total. The molecular formula is C19H33NO4. The summed E-state index contributed by atoms with van der Waals surface area (Å²) in [6, 6.07) is -0.778. The van der Waals surface area contributed by atoms with Crippen LogP contribution in [0.2, 0.25) is 0 Å². The molecule has 0 spiro atoms. The normalized spacial score (nSPS) is 14.8. The Bertz CT molecular complexity index is 472. The van der Waals surface area contributed by atoms with Gasteiger partial charge in [-0.3, -0.25) is 0 Å². The maximum atomic E-state index is 12.1. The van der Waals surface area contributed by atoms with Crippen LogP contribution in [0.5, 0.6) is 0 Å². The SMILES string of the molecule is C=CC(C)(CCC=C(C)C)CC(NC(=O)OC(C)(C)C)C(=O)OC. The molecule has 0 aliphatic carbocycles. The van der Waals surface area contributed by atoms with Crippen molar-refractivity contribution in [2.24, 2.45) is 5.41 Å². The Labute approximate surface area is 146 Å². The molecule has 0 aromatic carbocycles. The van der Waals surface area contributed by atoms with Gasteiger partial charge in [0.25, 0.3) is 0 Å². The molecule has 0 aromatic rings. The average molecular weight is 339 g/mol. The van der Waals surface area contributed by atoms with Crippen molar-refractivity contribution in [3.63, 3.8) is 0 Å². The van der Waals surface area contributed by atoms with Crippen LogP contribution in [0.4, 0.5) is 4.79 Å². The Balaban J connectivity index is 5.03. The molecule has 0 aliphatic rings. The number of carbonyl (C=O) groups is 2. The summed E-state index contributed by atoms with van der Waals surface area (Å²) in [6.07, 6.45) is 5.46. The van der Waals surface area contributed by atoms with E-state index in [2.05, 4.69) is 18.0 Å². The van der Waals surface area contributed by atoms with Gasteiger partial charge in [0.1, 0.15) is 11.6 Å². The van der Waals surface area contributed by atoms with Crippen LogP contribution in [0.3, 0.4) is 0 Å². The van der Waals surface area contributed by atoms with Gasteiger partial charge in [0.15, 0.2) is 0 Å². The Kier molecular flexibility index (Phi) is 8.80. The van der Waals surface area contributed by atoms with E-state index in [0.717, 1.165) is 12.8 Å². The lowest BCUT2D eigenvalue weighted by molar-refractivity contribution is -0.143. The summed E-state index contributed by atoms with van der Waals surface area (Å²) in [7, 11) is 1.31. The van der Waals surface area contributed by atoms with Gasteiger partial charge >= 0.3 is 12.1 Å². The van der Waals surface area contributed by atoms with Crippen LogP contribution in [0, 0.1) is 5.41 Å². The minimum Gasteiger partial charge on any atom is -0.467 e. The number of carbonyl (C=O) groups excluding carboxylic acids is 2. The van der Waals surface area contributed by atoms with Crippen molar-refractivity contribution < 1.29 is 19.1 Å². The smallest absolute Gasteiger partial charge is 0.408 e. The van der Waals surface area contributed by atoms with Gasteiger partial charge in [-0.05, 0) is 59.3 Å². The van der Waals surface area contributed by atoms with E-state index < -0.39 is 23.7 Å². The van der Waals surface area contributed by atoms with Gasteiger partial charge in [-0.1, -0.05) is 24.6 Å². The topological polar surface area (TPSA) is 64.6 Å². The quantitative estimate of drug-likeness (QED) is 0.526. The van der Waals surface area contributed by atoms with Crippen LogP contribution in [0.1, 0.15) is 60.8 Å². The molecule has 0 saturated heterocycles. The van der Waals surface area contributed by atoms with E-state index in [4.69, 9.17) is 9.47 Å². The fraction of sp³-hybridized carbons (Fsp3) is 0.684. The van der Waals surface area contributed by atoms with E-state index in [1.807, 2.05) is 26.8 Å². The third kappa shape index (κ3) is 9.38. The lowest BCUT2D eigenvalue weighted by Gasteiger charge is -2.30. The molecule has 0 aliphatic heterocycles. The second kappa shape index (κ2) is 9.50. The van der Waals surface area contributed by atoms with Gasteiger partial charge in [-0.15, -0.1) is 6.58 Å². The van der Waals surface area contributed by atoms with Crippen molar-refractivity contribution in [3.05, 3.63) is 24.3 Å². The number of rotatable bonds is 8. The molecule has 1 amide bonds. The summed E-state index contributed by atoms with van der Waals surface area (Å²) in [5, 5.41) is 2.61. The molecule has 138 valence electrons. The molecule has 0 aromatic heterocycles. The first kappa shape index (κ1) is 22.2. The highest BCUT2D eigenvalue weighted by molar-refractivity contribution is 5.81. The molecule has 2 atom stereocenters. The van der Waals surface area contributed by atoms with Crippen molar-refractivity contribution in [2.75, 3.05) is 7.11 Å². The number of ether oxygens (including phenoxy) is 2. The number of amides is 1. The number of methoxy groups -OCH3 is 1. The summed E-state index contributed by atoms with van der Waals surface area (Å²) in [6.45, 7) is 15.3. The van der Waals surface area contributed by atoms with Crippen molar-refractivity contribution in [1.82, 2.24) is 5.32 Å². The van der Waals surface area contributed by atoms with E-state index in [1.165, 1.54) is 12.7 Å². The highest BCUT2D eigenvalue weighted by Crippen LogP contribution is 2.31. The van der Waals surface area contributed by atoms with Crippen LogP contribution in [0.25, 0.3) is 0 Å². The fourth-order valence-corrected chi connectivity index (χ4v) is 2.23. The molecule has 0 fully saturated rings. The number of alkyl carbamates (subject to hydrolysis) is 1. The maximum absolute atomic E-state index is 12.1. The Morgan fingerprint density at radius 2 is 1.79 bits per heavy atom. The summed E-state index contributed by atoms with van der Waals surface area (Å²) in [5.41, 5.74) is 0.313. The van der Waals surface area contributed by atoms with Crippen molar-refractivity contribution in [1.29, 1.82) is 0 Å². The third-order valence-corrected chi connectivity index (χ3v) is 3.61. The van der Waals surface area contributed by atoms with E-state index in [1.54, 1.807) is 20.8 Å². The molecule has 5 heteroatoms. The lowest BCUT2D eigenvalue weighted by atomic mass is 9.79. The third-order valence-electron chi connectivity index (χ3n) is 3.61. The van der Waals surface area contributed by atoms with E-state index in [0.29, 0.717) is 6.42 Å². The molecule has 0 radical (unpaired) electrons. The summed E-state index contributed by atoms with van der Waals surface area (Å²) in [4.78, 5) is 24.0. The largest absolute Gasteiger partial charge is 0.467 e. The molecule has 0 rings (SSSR count). The van der Waals surface area contributed by atoms with Gasteiger partial charge < -0.3 is 14.8 Å². The zero-order valence-corrected chi connectivity index (χ0v) is 16.2. The number of esters is 1. The predicted molar refractivity (Wildman–Crippen MR) is 96.8 cm³/mol. The Hall–Kier alpha value is -1.78. The van der Waals surface area contributed by atoms with Gasteiger partial charge in [0, 0.05) is 0 Å². The van der Waals surface area contributed by atoms with Crippen LogP contribution >= 0.6 is 0 Å². The lowest BCUT2D eigenvalue weighted by Crippen LogP contribution is -2.46. The van der Waals surface area contributed by atoms with E-state index in [-0.39, 0.29) is 5.41 Å². The van der Waals surface area contributed by atoms with Crippen LogP contribution in [-0.2, 0) is 14.3 Å². The standard InChI is InChI=1S/C19H33NO4/c1-9-19(7,12-10-11-14(2)3)13-15(16(21)23-8)20-17(22)24-18(4,5)6/h9,11,15H,1,10,12-13H2,2-8H3,(H,20,22). The molecule has 0 saturated carbocycles. The zero-order valence-electron chi connectivity index (χ0n) is 16.2. The molecule has 0 bridgehead atoms. The van der Waals surface area contributed by atoms with Gasteiger partial charge in [-0.25, -0.2) is 9.59 Å². The molecule has 0 heterocycles. The van der Waals surface area contributed by atoms with Crippen LogP contribution in [0.15, 0.2) is 24.3 Å². The second-order valence-corrected chi connectivity index (χ2v) is 7.60. The Morgan fingerprint density at radius 3 is 2.21 bits per heavy atom. The minimum atomic E-state index is -0.778. The van der Waals surface area contributed by atoms with Crippen molar-refractivity contribution in [2.45, 2.75) is 72.4 Å². The number of nitrogens with one attached hydrogen (secondary N) is 1. The minimum absolute atomic E-state index is 0.306. The highest BCUT2D eigenvalue weighted by atomic mass is 16.6. The second-order valence-electron chi connectivity index (χ2n) is 7.60. The van der Waals surface area contributed by atoms with Crippen LogP contribution < -0.4 is 5.32 Å². The average Bonchev–Trinajstić information content (AvgIpc) is 2.43. The van der Waals surface area contributed by atoms with Crippen molar-refractivity contribution in [3.8, 4) is 0 Å². The molecule has 24 heavy (non-hydrogen) atoms. The molecular weight excluding hydrogens is 306 g/mol. The monoisotopic (exact) mass is 339 g/mol. The van der Waals surface area contributed by atoms with E-state index >= 15 is 0 Å². The number of hydrogen-bond acceptors (Lipinski definition) is 4. The number of hydrogen-bond donors (Lipinski definition) is 1. The first-order valence-electron chi connectivity index (χ1n) is 8.27. The van der Waals surface area contributed by atoms with E-state index in [9.17, 15) is 9.59 Å². The predicted octanol–water partition coefficient (Wildman–Crippen LogP) is 4.38. The van der Waals surface area contributed by atoms with Gasteiger partial charge in [0.05, 0.1) is 7.11 Å². The van der Waals surface area contributed by atoms with Gasteiger partial charge in [-0.2, -0.15) is 0 Å².